The van der Waals surface area contributed by atoms with Gasteiger partial charge in [0.15, 0.2) is 0 Å². The summed E-state index contributed by atoms with van der Waals surface area (Å²) in [7, 11) is 3.63. The summed E-state index contributed by atoms with van der Waals surface area (Å²) in [5, 5.41) is 16.6. The van der Waals surface area contributed by atoms with E-state index in [0.717, 1.165) is 47.5 Å². The molecule has 1 N–H and O–H groups in total. The normalized spacial score (nSPS) is 12.0. The van der Waals surface area contributed by atoms with Crippen LogP contribution in [0.5, 0.6) is 5.75 Å². The second-order valence-electron chi connectivity index (χ2n) is 11.8. The maximum Gasteiger partial charge on any atom is 0.215 e. The van der Waals surface area contributed by atoms with Crippen molar-refractivity contribution in [2.45, 2.75) is 65.3 Å². The lowest BCUT2D eigenvalue weighted by Gasteiger charge is -2.22. The average molecular weight is 605 g/mol. The van der Waals surface area contributed by atoms with Crippen molar-refractivity contribution in [1.29, 1.82) is 0 Å². The van der Waals surface area contributed by atoms with Crippen molar-refractivity contribution in [3.63, 3.8) is 0 Å². The van der Waals surface area contributed by atoms with Gasteiger partial charge in [0.25, 0.3) is 0 Å². The Morgan fingerprint density at radius 3 is 2.21 bits per heavy atom. The third kappa shape index (κ3) is 10.4. The van der Waals surface area contributed by atoms with Crippen LogP contribution in [0.4, 0.5) is 0 Å². The molecule has 0 radical (unpaired) electrons. The molecule has 8 heteroatoms. The maximum atomic E-state index is 11.8. The number of hydrogen-bond acceptors (Lipinski definition) is 7. The van der Waals surface area contributed by atoms with Gasteiger partial charge in [-0.2, -0.15) is 5.10 Å². The number of aryl methyl sites for hydroxylation is 1. The van der Waals surface area contributed by atoms with E-state index in [1.165, 1.54) is 33.1 Å². The minimum atomic E-state index is 0.123. The van der Waals surface area contributed by atoms with Crippen LogP contribution in [-0.4, -0.2) is 65.3 Å². The van der Waals surface area contributed by atoms with Gasteiger partial charge in [-0.1, -0.05) is 87.3 Å². The summed E-state index contributed by atoms with van der Waals surface area (Å²) in [6.07, 6.45) is 5.89. The number of rotatable bonds is 15. The first-order valence-electron chi connectivity index (χ1n) is 14.9. The lowest BCUT2D eigenvalue weighted by atomic mass is 9.87. The van der Waals surface area contributed by atoms with E-state index in [1.807, 2.05) is 31.3 Å². The number of hydroxylamine groups is 1. The summed E-state index contributed by atoms with van der Waals surface area (Å²) < 4.78 is 6.77. The molecule has 0 saturated heterocycles. The van der Waals surface area contributed by atoms with E-state index in [1.54, 1.807) is 12.0 Å². The molecular weight excluding hydrogens is 556 g/mol. The summed E-state index contributed by atoms with van der Waals surface area (Å²) in [6.45, 7) is 10.4. The summed E-state index contributed by atoms with van der Waals surface area (Å²) in [5.74, 6) is 1.62. The van der Waals surface area contributed by atoms with E-state index in [2.05, 4.69) is 81.4 Å². The number of amides is 1. The minimum Gasteiger partial charge on any atom is -0.496 e. The molecule has 0 bridgehead atoms. The molecule has 7 nitrogen and oxygen atoms in total. The number of hydrogen-bond donors (Lipinski definition) is 1. The molecule has 0 fully saturated rings. The van der Waals surface area contributed by atoms with E-state index >= 15 is 0 Å². The van der Waals surface area contributed by atoms with Crippen LogP contribution in [0.1, 0.15) is 62.8 Å². The first-order chi connectivity index (χ1) is 20.6. The van der Waals surface area contributed by atoms with Gasteiger partial charge in [-0.25, -0.2) is 0 Å². The third-order valence-corrected chi connectivity index (χ3v) is 8.14. The van der Waals surface area contributed by atoms with Gasteiger partial charge in [0, 0.05) is 26.6 Å². The monoisotopic (exact) mass is 604 g/mol. The third-order valence-electron chi connectivity index (χ3n) is 7.53. The molecule has 0 aliphatic heterocycles. The van der Waals surface area contributed by atoms with E-state index in [-0.39, 0.29) is 5.41 Å². The van der Waals surface area contributed by atoms with Gasteiger partial charge >= 0.3 is 0 Å². The van der Waals surface area contributed by atoms with Crippen LogP contribution >= 0.6 is 11.9 Å². The van der Waals surface area contributed by atoms with Crippen LogP contribution in [0.3, 0.4) is 0 Å². The van der Waals surface area contributed by atoms with Gasteiger partial charge in [-0.3, -0.25) is 9.80 Å². The van der Waals surface area contributed by atoms with Crippen LogP contribution in [0.25, 0.3) is 11.1 Å². The van der Waals surface area contributed by atoms with Crippen molar-refractivity contribution < 1.29 is 14.7 Å². The van der Waals surface area contributed by atoms with Crippen LogP contribution in [-0.2, 0) is 29.6 Å². The van der Waals surface area contributed by atoms with E-state index in [4.69, 9.17) is 9.84 Å². The SMILES string of the molecule is CCN(C=O)/C(CCCc1ccc(-c2ccc(OC)c(CCN(O)SC)c2)cc1)=N\N(C)Cc1ccc(C(C)(C)C)cc1. The Hall–Kier alpha value is -3.33. The molecule has 43 heavy (non-hydrogen) atoms. The van der Waals surface area contributed by atoms with Gasteiger partial charge in [0.05, 0.1) is 13.7 Å². The largest absolute Gasteiger partial charge is 0.496 e. The van der Waals surface area contributed by atoms with Gasteiger partial charge in [0.2, 0.25) is 6.41 Å². The number of methoxy groups -OCH3 is 1. The highest BCUT2D eigenvalue weighted by Crippen LogP contribution is 2.28. The first kappa shape index (κ1) is 34.2. The molecule has 0 atom stereocenters. The lowest BCUT2D eigenvalue weighted by Crippen LogP contribution is -2.31. The van der Waals surface area contributed by atoms with Crippen LogP contribution < -0.4 is 4.74 Å². The van der Waals surface area contributed by atoms with Crippen molar-refractivity contribution in [2.24, 2.45) is 5.10 Å². The highest BCUT2D eigenvalue weighted by atomic mass is 32.2. The number of benzene rings is 3. The van der Waals surface area contributed by atoms with Crippen LogP contribution in [0, 0.1) is 0 Å². The van der Waals surface area contributed by atoms with Crippen molar-refractivity contribution in [1.82, 2.24) is 14.4 Å². The Bertz CT molecular complexity index is 1320. The lowest BCUT2D eigenvalue weighted by molar-refractivity contribution is -0.114. The zero-order chi connectivity index (χ0) is 31.4. The van der Waals surface area contributed by atoms with E-state index in [0.29, 0.717) is 32.5 Å². The number of carbonyl (C=O) groups excluding carboxylic acids is 1. The maximum absolute atomic E-state index is 11.8. The fourth-order valence-corrected chi connectivity index (χ4v) is 5.22. The molecule has 0 spiro atoms. The van der Waals surface area contributed by atoms with Gasteiger partial charge < -0.3 is 14.8 Å². The van der Waals surface area contributed by atoms with Crippen molar-refractivity contribution in [3.8, 4) is 16.9 Å². The van der Waals surface area contributed by atoms with Gasteiger partial charge in [0.1, 0.15) is 11.6 Å². The van der Waals surface area contributed by atoms with Gasteiger partial charge in [-0.05, 0) is 83.4 Å². The second kappa shape index (κ2) is 16.5. The summed E-state index contributed by atoms with van der Waals surface area (Å²) in [4.78, 5) is 13.5. The number of amidine groups is 1. The average Bonchev–Trinajstić information content (AvgIpc) is 3.00. The molecule has 232 valence electrons. The van der Waals surface area contributed by atoms with Crippen LogP contribution in [0.2, 0.25) is 0 Å². The molecule has 0 unspecified atom stereocenters. The topological polar surface area (TPSA) is 68.6 Å². The van der Waals surface area contributed by atoms with Crippen molar-refractivity contribution >= 4 is 24.2 Å². The number of nitrogens with zero attached hydrogens (tertiary/aromatic N) is 4. The van der Waals surface area contributed by atoms with Crippen LogP contribution in [0.15, 0.2) is 71.8 Å². The van der Waals surface area contributed by atoms with Crippen molar-refractivity contribution in [3.05, 3.63) is 89.0 Å². The highest BCUT2D eigenvalue weighted by molar-refractivity contribution is 7.96. The zero-order valence-electron chi connectivity index (χ0n) is 26.8. The fourth-order valence-electron chi connectivity index (χ4n) is 4.95. The zero-order valence-corrected chi connectivity index (χ0v) is 27.7. The molecule has 0 saturated carbocycles. The molecule has 1 amide bonds. The predicted molar refractivity (Wildman–Crippen MR) is 180 cm³/mol. The Labute approximate surface area is 262 Å². The molecule has 0 aliphatic carbocycles. The quantitative estimate of drug-likeness (QED) is 0.0640. The Morgan fingerprint density at radius 2 is 1.63 bits per heavy atom. The van der Waals surface area contributed by atoms with E-state index in [9.17, 15) is 10.0 Å². The molecule has 3 aromatic carbocycles. The molecular formula is C35H48N4O3S. The number of ether oxygens (including phenoxy) is 1. The standard InChI is InChI=1S/C35H48N4O3S/c1-8-38(26-40)34(36-37(5)25-28-14-19-32(20-15-28)35(2,3)4)11-9-10-27-12-16-29(17-13-27)30-18-21-33(42-6)31(24-30)22-23-39(41)43-7/h12-21,24,26,41H,8-11,22-23,25H2,1-7H3/b36-34-. The Kier molecular flexibility index (Phi) is 13.1. The highest BCUT2D eigenvalue weighted by Gasteiger charge is 2.14. The second-order valence-corrected chi connectivity index (χ2v) is 12.5. The summed E-state index contributed by atoms with van der Waals surface area (Å²) >= 11 is 1.29. The Morgan fingerprint density at radius 1 is 0.977 bits per heavy atom. The molecule has 0 aromatic heterocycles. The molecule has 3 rings (SSSR count). The summed E-state index contributed by atoms with van der Waals surface area (Å²) in [6, 6.07) is 23.5. The smallest absolute Gasteiger partial charge is 0.215 e. The molecule has 0 heterocycles. The number of hydrazone groups is 1. The minimum absolute atomic E-state index is 0.123. The van der Waals surface area contributed by atoms with Gasteiger partial charge in [-0.15, -0.1) is 4.47 Å². The Balaban J connectivity index is 1.63. The first-order valence-corrected chi connectivity index (χ1v) is 16.1. The molecule has 0 aliphatic rings. The van der Waals surface area contributed by atoms with Crippen molar-refractivity contribution in [2.75, 3.05) is 33.5 Å². The molecule has 3 aromatic rings. The number of carbonyl (C=O) groups is 1. The van der Waals surface area contributed by atoms with E-state index < -0.39 is 0 Å². The predicted octanol–water partition coefficient (Wildman–Crippen LogP) is 7.42. The fraction of sp³-hybridized carbons (Fsp3) is 0.429. The summed E-state index contributed by atoms with van der Waals surface area (Å²) in [5.41, 5.74) is 7.18.